The maximum absolute atomic E-state index is 9.14. The van der Waals surface area contributed by atoms with Gasteiger partial charge in [0, 0.05) is 10.0 Å². The van der Waals surface area contributed by atoms with Crippen LogP contribution in [0.5, 0.6) is 5.75 Å². The average molecular weight is 324 g/mol. The fraction of sp³-hybridized carbons (Fsp3) is 0.400. The first-order chi connectivity index (χ1) is 6.69. The van der Waals surface area contributed by atoms with Gasteiger partial charge in [-0.25, -0.2) is 0 Å². The SMILES string of the molecule is CCCOc1c(Br)cc(Br)cc1CO. The molecule has 78 valence electrons. The molecular formula is C10H12Br2O2. The van der Waals surface area contributed by atoms with Crippen LogP contribution >= 0.6 is 31.9 Å². The first-order valence-corrected chi connectivity index (χ1v) is 5.99. The number of rotatable bonds is 4. The summed E-state index contributed by atoms with van der Waals surface area (Å²) >= 11 is 6.76. The molecule has 0 fully saturated rings. The summed E-state index contributed by atoms with van der Waals surface area (Å²) in [7, 11) is 0. The fourth-order valence-corrected chi connectivity index (χ4v) is 2.53. The van der Waals surface area contributed by atoms with E-state index < -0.39 is 0 Å². The Hall–Kier alpha value is -0.0600. The average Bonchev–Trinajstić information content (AvgIpc) is 2.15. The van der Waals surface area contributed by atoms with E-state index in [1.54, 1.807) is 0 Å². The maximum Gasteiger partial charge on any atom is 0.139 e. The third-order valence-electron chi connectivity index (χ3n) is 1.71. The lowest BCUT2D eigenvalue weighted by molar-refractivity contribution is 0.262. The van der Waals surface area contributed by atoms with Gasteiger partial charge in [0.25, 0.3) is 0 Å². The van der Waals surface area contributed by atoms with E-state index in [1.807, 2.05) is 19.1 Å². The summed E-state index contributed by atoms with van der Waals surface area (Å²) in [6.07, 6.45) is 0.952. The van der Waals surface area contributed by atoms with Gasteiger partial charge in [-0.3, -0.25) is 0 Å². The highest BCUT2D eigenvalue weighted by molar-refractivity contribution is 9.11. The minimum Gasteiger partial charge on any atom is -0.492 e. The molecule has 0 heterocycles. The summed E-state index contributed by atoms with van der Waals surface area (Å²) in [4.78, 5) is 0. The van der Waals surface area contributed by atoms with Crippen molar-refractivity contribution in [3.05, 3.63) is 26.6 Å². The second kappa shape index (κ2) is 5.73. The Morgan fingerprint density at radius 3 is 2.64 bits per heavy atom. The molecule has 0 radical (unpaired) electrons. The van der Waals surface area contributed by atoms with Gasteiger partial charge in [-0.1, -0.05) is 22.9 Å². The van der Waals surface area contributed by atoms with Crippen LogP contribution in [0, 0.1) is 0 Å². The second-order valence-corrected chi connectivity index (χ2v) is 4.65. The van der Waals surface area contributed by atoms with E-state index in [1.165, 1.54) is 0 Å². The molecule has 1 aromatic rings. The number of aliphatic hydroxyl groups excluding tert-OH is 1. The monoisotopic (exact) mass is 322 g/mol. The van der Waals surface area contributed by atoms with E-state index >= 15 is 0 Å². The van der Waals surface area contributed by atoms with E-state index in [9.17, 15) is 0 Å². The molecule has 0 saturated heterocycles. The molecule has 0 unspecified atom stereocenters. The third-order valence-corrected chi connectivity index (χ3v) is 2.75. The second-order valence-electron chi connectivity index (χ2n) is 2.88. The van der Waals surface area contributed by atoms with Crippen LogP contribution in [0.1, 0.15) is 18.9 Å². The summed E-state index contributed by atoms with van der Waals surface area (Å²) < 4.78 is 7.33. The molecule has 0 aliphatic rings. The predicted molar refractivity (Wildman–Crippen MR) is 63.6 cm³/mol. The maximum atomic E-state index is 9.14. The zero-order valence-corrected chi connectivity index (χ0v) is 11.1. The van der Waals surface area contributed by atoms with Gasteiger partial charge in [-0.2, -0.15) is 0 Å². The zero-order chi connectivity index (χ0) is 10.6. The van der Waals surface area contributed by atoms with Gasteiger partial charge in [0.1, 0.15) is 5.75 Å². The molecule has 0 spiro atoms. The van der Waals surface area contributed by atoms with E-state index in [-0.39, 0.29) is 6.61 Å². The van der Waals surface area contributed by atoms with Gasteiger partial charge in [0.2, 0.25) is 0 Å². The van der Waals surface area contributed by atoms with E-state index in [4.69, 9.17) is 9.84 Å². The first kappa shape index (κ1) is 12.0. The Labute approximate surface area is 101 Å². The molecule has 0 aliphatic carbocycles. The van der Waals surface area contributed by atoms with Crippen molar-refractivity contribution in [2.75, 3.05) is 6.61 Å². The fourth-order valence-electron chi connectivity index (χ4n) is 1.10. The molecule has 4 heteroatoms. The summed E-state index contributed by atoms with van der Waals surface area (Å²) in [5.41, 5.74) is 0.791. The van der Waals surface area contributed by atoms with Crippen LogP contribution < -0.4 is 4.74 Å². The minimum atomic E-state index is -0.0168. The smallest absolute Gasteiger partial charge is 0.139 e. The van der Waals surface area contributed by atoms with Crippen molar-refractivity contribution < 1.29 is 9.84 Å². The van der Waals surface area contributed by atoms with Crippen LogP contribution in [0.15, 0.2) is 21.1 Å². The first-order valence-electron chi connectivity index (χ1n) is 4.40. The molecule has 1 rings (SSSR count). The molecule has 0 bridgehead atoms. The van der Waals surface area contributed by atoms with E-state index in [0.717, 1.165) is 26.7 Å². The Morgan fingerprint density at radius 2 is 2.07 bits per heavy atom. The Bertz CT molecular complexity index is 313. The number of hydrogen-bond donors (Lipinski definition) is 1. The minimum absolute atomic E-state index is 0.0168. The zero-order valence-electron chi connectivity index (χ0n) is 7.89. The van der Waals surface area contributed by atoms with Crippen LogP contribution in [0.2, 0.25) is 0 Å². The molecule has 0 aromatic heterocycles. The van der Waals surface area contributed by atoms with Gasteiger partial charge in [-0.05, 0) is 34.5 Å². The number of ether oxygens (including phenoxy) is 1. The van der Waals surface area contributed by atoms with Gasteiger partial charge >= 0.3 is 0 Å². The van der Waals surface area contributed by atoms with Gasteiger partial charge in [-0.15, -0.1) is 0 Å². The van der Waals surface area contributed by atoms with Crippen LogP contribution in [0.4, 0.5) is 0 Å². The lowest BCUT2D eigenvalue weighted by Crippen LogP contribution is -2.00. The van der Waals surface area contributed by atoms with Crippen molar-refractivity contribution in [3.63, 3.8) is 0 Å². The van der Waals surface area contributed by atoms with Gasteiger partial charge in [0.05, 0.1) is 17.7 Å². The summed E-state index contributed by atoms with van der Waals surface area (Å²) in [6.45, 7) is 2.69. The molecule has 0 amide bonds. The summed E-state index contributed by atoms with van der Waals surface area (Å²) in [5.74, 6) is 0.734. The van der Waals surface area contributed by atoms with Crippen LogP contribution in [0.3, 0.4) is 0 Å². The number of hydrogen-bond acceptors (Lipinski definition) is 2. The quantitative estimate of drug-likeness (QED) is 0.919. The highest BCUT2D eigenvalue weighted by Gasteiger charge is 2.08. The summed E-state index contributed by atoms with van der Waals surface area (Å²) in [6, 6.07) is 3.76. The largest absolute Gasteiger partial charge is 0.492 e. The molecule has 14 heavy (non-hydrogen) atoms. The van der Waals surface area contributed by atoms with Crippen LogP contribution in [0.25, 0.3) is 0 Å². The topological polar surface area (TPSA) is 29.5 Å². The standard InChI is InChI=1S/C10H12Br2O2/c1-2-3-14-10-7(6-13)4-8(11)5-9(10)12/h4-5,13H,2-3,6H2,1H3. The number of aliphatic hydroxyl groups is 1. The van der Waals surface area contributed by atoms with Gasteiger partial charge in [0.15, 0.2) is 0 Å². The predicted octanol–water partition coefficient (Wildman–Crippen LogP) is 3.49. The van der Waals surface area contributed by atoms with Crippen molar-refractivity contribution in [1.82, 2.24) is 0 Å². The van der Waals surface area contributed by atoms with Crippen molar-refractivity contribution in [2.45, 2.75) is 20.0 Å². The van der Waals surface area contributed by atoms with E-state index in [0.29, 0.717) is 6.61 Å². The third kappa shape index (κ3) is 2.97. The molecule has 1 aromatic carbocycles. The molecular weight excluding hydrogens is 312 g/mol. The van der Waals surface area contributed by atoms with Crippen molar-refractivity contribution in [3.8, 4) is 5.75 Å². The van der Waals surface area contributed by atoms with Gasteiger partial charge < -0.3 is 9.84 Å². The number of benzene rings is 1. The Kier molecular flexibility index (Phi) is 4.92. The summed E-state index contributed by atoms with van der Waals surface area (Å²) in [5, 5.41) is 9.14. The lowest BCUT2D eigenvalue weighted by Gasteiger charge is -2.11. The molecule has 2 nitrogen and oxygen atoms in total. The molecule has 0 aliphatic heterocycles. The Morgan fingerprint density at radius 1 is 1.36 bits per heavy atom. The van der Waals surface area contributed by atoms with Crippen LogP contribution in [-0.4, -0.2) is 11.7 Å². The number of halogens is 2. The van der Waals surface area contributed by atoms with Crippen molar-refractivity contribution in [1.29, 1.82) is 0 Å². The van der Waals surface area contributed by atoms with E-state index in [2.05, 4.69) is 31.9 Å². The van der Waals surface area contributed by atoms with Crippen LogP contribution in [-0.2, 0) is 6.61 Å². The Balaban J connectivity index is 2.99. The normalized spacial score (nSPS) is 10.3. The highest BCUT2D eigenvalue weighted by Crippen LogP contribution is 2.32. The highest BCUT2D eigenvalue weighted by atomic mass is 79.9. The molecule has 0 atom stereocenters. The van der Waals surface area contributed by atoms with Crippen molar-refractivity contribution >= 4 is 31.9 Å². The molecule has 0 saturated carbocycles. The lowest BCUT2D eigenvalue weighted by atomic mass is 10.2. The molecule has 1 N–H and O–H groups in total. The van der Waals surface area contributed by atoms with Crippen molar-refractivity contribution in [2.24, 2.45) is 0 Å².